The first-order valence-electron chi connectivity index (χ1n) is 9.30. The zero-order chi connectivity index (χ0) is 23.1. The molecule has 2 N–H and O–H groups in total. The normalized spacial score (nSPS) is 11.0. The van der Waals surface area contributed by atoms with E-state index in [0.717, 1.165) is 29.5 Å². The number of hydrogen-bond acceptors (Lipinski definition) is 6. The SMILES string of the molecule is C=CC(=O)Nc1cccc(Nc2cc(C(F)(F)F)nc(SCc3ccccc3OC)n2)c1. The number of hydrogen-bond donors (Lipinski definition) is 2. The molecule has 3 aromatic rings. The van der Waals surface area contributed by atoms with Crippen molar-refractivity contribution in [3.63, 3.8) is 0 Å². The van der Waals surface area contributed by atoms with Crippen molar-refractivity contribution in [1.82, 2.24) is 9.97 Å². The highest BCUT2D eigenvalue weighted by atomic mass is 32.2. The number of carbonyl (C=O) groups excluding carboxylic acids is 1. The molecule has 1 aromatic heterocycles. The van der Waals surface area contributed by atoms with Crippen LogP contribution < -0.4 is 15.4 Å². The van der Waals surface area contributed by atoms with Crippen LogP contribution in [-0.2, 0) is 16.7 Å². The lowest BCUT2D eigenvalue weighted by Crippen LogP contribution is -2.11. The fourth-order valence-electron chi connectivity index (χ4n) is 2.68. The number of amides is 1. The second kappa shape index (κ2) is 10.2. The first kappa shape index (κ1) is 23.1. The molecule has 0 bridgehead atoms. The van der Waals surface area contributed by atoms with Gasteiger partial charge in [0, 0.05) is 28.8 Å². The van der Waals surface area contributed by atoms with E-state index in [-0.39, 0.29) is 11.0 Å². The molecule has 3 rings (SSSR count). The Bertz CT molecular complexity index is 1120. The molecule has 0 saturated heterocycles. The third-order valence-electron chi connectivity index (χ3n) is 4.13. The van der Waals surface area contributed by atoms with Crippen LogP contribution >= 0.6 is 11.8 Å². The Labute approximate surface area is 186 Å². The van der Waals surface area contributed by atoms with Crippen LogP contribution in [0.4, 0.5) is 30.4 Å². The van der Waals surface area contributed by atoms with E-state index in [1.807, 2.05) is 12.1 Å². The van der Waals surface area contributed by atoms with Gasteiger partial charge in [-0.15, -0.1) is 0 Å². The van der Waals surface area contributed by atoms with Gasteiger partial charge in [0.05, 0.1) is 7.11 Å². The van der Waals surface area contributed by atoms with Crippen molar-refractivity contribution in [2.24, 2.45) is 0 Å². The highest BCUT2D eigenvalue weighted by Crippen LogP contribution is 2.33. The number of aromatic nitrogens is 2. The summed E-state index contributed by atoms with van der Waals surface area (Å²) in [5.74, 6) is 0.526. The van der Waals surface area contributed by atoms with Crippen molar-refractivity contribution in [2.75, 3.05) is 17.7 Å². The second-order valence-corrected chi connectivity index (χ2v) is 7.36. The fraction of sp³-hybridized carbons (Fsp3) is 0.136. The van der Waals surface area contributed by atoms with Crippen molar-refractivity contribution in [3.05, 3.63) is 78.5 Å². The number of halogens is 3. The van der Waals surface area contributed by atoms with Crippen LogP contribution in [0.25, 0.3) is 0 Å². The number of rotatable bonds is 8. The maximum absolute atomic E-state index is 13.4. The number of nitrogens with zero attached hydrogens (tertiary/aromatic N) is 2. The summed E-state index contributed by atoms with van der Waals surface area (Å²) in [7, 11) is 1.53. The molecule has 0 atom stereocenters. The number of anilines is 3. The molecule has 0 aliphatic rings. The van der Waals surface area contributed by atoms with Crippen LogP contribution in [0.2, 0.25) is 0 Å². The lowest BCUT2D eigenvalue weighted by molar-refractivity contribution is -0.141. The van der Waals surface area contributed by atoms with E-state index < -0.39 is 17.8 Å². The van der Waals surface area contributed by atoms with Crippen LogP contribution in [0.5, 0.6) is 5.75 Å². The number of alkyl halides is 3. The maximum Gasteiger partial charge on any atom is 0.433 e. The summed E-state index contributed by atoms with van der Waals surface area (Å²) in [5, 5.41) is 5.39. The minimum Gasteiger partial charge on any atom is -0.496 e. The molecular formula is C22H19F3N4O2S. The minimum absolute atomic E-state index is 0.0259. The van der Waals surface area contributed by atoms with Gasteiger partial charge in [0.1, 0.15) is 11.6 Å². The van der Waals surface area contributed by atoms with E-state index in [4.69, 9.17) is 4.74 Å². The van der Waals surface area contributed by atoms with Crippen molar-refractivity contribution < 1.29 is 22.7 Å². The highest BCUT2D eigenvalue weighted by molar-refractivity contribution is 7.98. The maximum atomic E-state index is 13.4. The van der Waals surface area contributed by atoms with Gasteiger partial charge in [0.2, 0.25) is 5.91 Å². The van der Waals surface area contributed by atoms with E-state index in [9.17, 15) is 18.0 Å². The van der Waals surface area contributed by atoms with Crippen LogP contribution in [0.3, 0.4) is 0 Å². The van der Waals surface area contributed by atoms with Crippen LogP contribution in [0.1, 0.15) is 11.3 Å². The third kappa shape index (κ3) is 6.24. The summed E-state index contributed by atoms with van der Waals surface area (Å²) in [6, 6.07) is 14.5. The first-order valence-corrected chi connectivity index (χ1v) is 10.3. The monoisotopic (exact) mass is 460 g/mol. The average molecular weight is 460 g/mol. The Hall–Kier alpha value is -3.53. The van der Waals surface area contributed by atoms with Gasteiger partial charge in [-0.25, -0.2) is 9.97 Å². The topological polar surface area (TPSA) is 76.1 Å². The van der Waals surface area contributed by atoms with Gasteiger partial charge in [-0.1, -0.05) is 42.6 Å². The van der Waals surface area contributed by atoms with Gasteiger partial charge in [-0.3, -0.25) is 4.79 Å². The average Bonchev–Trinajstić information content (AvgIpc) is 2.77. The summed E-state index contributed by atoms with van der Waals surface area (Å²) in [6.45, 7) is 3.38. The van der Waals surface area contributed by atoms with Crippen molar-refractivity contribution in [3.8, 4) is 5.75 Å². The Kier molecular flexibility index (Phi) is 7.37. The van der Waals surface area contributed by atoms with Gasteiger partial charge in [0.15, 0.2) is 10.9 Å². The lowest BCUT2D eigenvalue weighted by Gasteiger charge is -2.13. The highest BCUT2D eigenvalue weighted by Gasteiger charge is 2.33. The molecule has 0 aliphatic carbocycles. The van der Waals surface area contributed by atoms with E-state index >= 15 is 0 Å². The predicted octanol–water partition coefficient (Wildman–Crippen LogP) is 5.66. The Morgan fingerprint density at radius 3 is 2.59 bits per heavy atom. The van der Waals surface area contributed by atoms with Crippen LogP contribution in [-0.4, -0.2) is 23.0 Å². The molecule has 0 radical (unpaired) electrons. The molecule has 10 heteroatoms. The molecule has 0 saturated carbocycles. The van der Waals surface area contributed by atoms with Gasteiger partial charge >= 0.3 is 6.18 Å². The molecule has 6 nitrogen and oxygen atoms in total. The molecule has 32 heavy (non-hydrogen) atoms. The van der Waals surface area contributed by atoms with Gasteiger partial charge in [0.25, 0.3) is 0 Å². The molecule has 166 valence electrons. The summed E-state index contributed by atoms with van der Waals surface area (Å²) in [4.78, 5) is 19.4. The number of ether oxygens (including phenoxy) is 1. The lowest BCUT2D eigenvalue weighted by atomic mass is 10.2. The Morgan fingerprint density at radius 2 is 1.88 bits per heavy atom. The van der Waals surface area contributed by atoms with Gasteiger partial charge in [-0.05, 0) is 30.3 Å². The summed E-state index contributed by atoms with van der Waals surface area (Å²) in [6.07, 6.45) is -3.52. The molecule has 0 unspecified atom stereocenters. The number of carbonyl (C=O) groups is 1. The summed E-state index contributed by atoms with van der Waals surface area (Å²) < 4.78 is 45.5. The molecule has 2 aromatic carbocycles. The van der Waals surface area contributed by atoms with Crippen LogP contribution in [0, 0.1) is 0 Å². The molecule has 0 fully saturated rings. The van der Waals surface area contributed by atoms with E-state index in [1.54, 1.807) is 36.4 Å². The van der Waals surface area contributed by atoms with Crippen molar-refractivity contribution in [2.45, 2.75) is 17.1 Å². The summed E-state index contributed by atoms with van der Waals surface area (Å²) in [5.41, 5.74) is 0.643. The molecule has 0 spiro atoms. The van der Waals surface area contributed by atoms with Crippen molar-refractivity contribution >= 4 is 34.9 Å². The number of methoxy groups -OCH3 is 1. The first-order chi connectivity index (χ1) is 15.3. The number of thioether (sulfide) groups is 1. The van der Waals surface area contributed by atoms with E-state index in [2.05, 4.69) is 27.2 Å². The molecule has 1 amide bonds. The standard InChI is InChI=1S/C22H19F3N4O2S/c1-3-20(30)27-16-9-6-8-15(11-16)26-19-12-18(22(23,24)25)28-21(29-19)32-13-14-7-4-5-10-17(14)31-2/h3-12H,1,13H2,2H3,(H,27,30)(H,26,28,29). The predicted molar refractivity (Wildman–Crippen MR) is 118 cm³/mol. The molecular weight excluding hydrogens is 441 g/mol. The van der Waals surface area contributed by atoms with Crippen molar-refractivity contribution in [1.29, 1.82) is 0 Å². The quantitative estimate of drug-likeness (QED) is 0.257. The fourth-order valence-corrected chi connectivity index (χ4v) is 3.53. The summed E-state index contributed by atoms with van der Waals surface area (Å²) >= 11 is 1.06. The molecule has 0 aliphatic heterocycles. The van der Waals surface area contributed by atoms with Crippen LogP contribution in [0.15, 0.2) is 72.4 Å². The second-order valence-electron chi connectivity index (χ2n) is 6.42. The smallest absolute Gasteiger partial charge is 0.433 e. The zero-order valence-electron chi connectivity index (χ0n) is 16.9. The number of nitrogens with one attached hydrogen (secondary N) is 2. The van der Waals surface area contributed by atoms with Gasteiger partial charge < -0.3 is 15.4 Å². The van der Waals surface area contributed by atoms with Gasteiger partial charge in [-0.2, -0.15) is 13.2 Å². The Balaban J connectivity index is 1.85. The zero-order valence-corrected chi connectivity index (χ0v) is 17.8. The number of benzene rings is 2. The minimum atomic E-state index is -4.64. The largest absolute Gasteiger partial charge is 0.496 e. The third-order valence-corrected chi connectivity index (χ3v) is 5.03. The van der Waals surface area contributed by atoms with E-state index in [1.165, 1.54) is 7.11 Å². The number of para-hydroxylation sites is 1. The Morgan fingerprint density at radius 1 is 1.12 bits per heavy atom. The molecule has 1 heterocycles. The van der Waals surface area contributed by atoms with E-state index in [0.29, 0.717) is 22.9 Å².